The van der Waals surface area contributed by atoms with Gasteiger partial charge in [0.05, 0.1) is 5.69 Å². The summed E-state index contributed by atoms with van der Waals surface area (Å²) in [4.78, 5) is 12.3. The first-order chi connectivity index (χ1) is 13.1. The molecular weight excluding hydrogens is 344 g/mol. The highest BCUT2D eigenvalue weighted by Gasteiger charge is 2.27. The lowest BCUT2D eigenvalue weighted by Crippen LogP contribution is -2.23. The molecule has 7 heteroatoms. The van der Waals surface area contributed by atoms with Crippen molar-refractivity contribution in [2.45, 2.75) is 25.4 Å². The number of aromatic hydroxyl groups is 1. The number of hydrogen-bond acceptors (Lipinski definition) is 5. The van der Waals surface area contributed by atoms with Crippen LogP contribution in [-0.4, -0.2) is 24.9 Å². The molecule has 7 nitrogen and oxygen atoms in total. The quantitative estimate of drug-likeness (QED) is 0.703. The van der Waals surface area contributed by atoms with Crippen LogP contribution in [-0.2, 0) is 13.7 Å². The van der Waals surface area contributed by atoms with Crippen molar-refractivity contribution in [2.75, 3.05) is 0 Å². The lowest BCUT2D eigenvalue weighted by atomic mass is 10.1. The summed E-state index contributed by atoms with van der Waals surface area (Å²) < 4.78 is 8.41. The highest BCUT2D eigenvalue weighted by atomic mass is 16.5. The maximum atomic E-state index is 12.3. The maximum Gasteiger partial charge on any atom is 0.368 e. The number of tetrazole rings is 1. The third-order valence-electron chi connectivity index (χ3n) is 4.64. The number of hydrogen-bond donors (Lipinski definition) is 1. The van der Waals surface area contributed by atoms with Crippen molar-refractivity contribution in [3.8, 4) is 29.5 Å². The van der Waals surface area contributed by atoms with E-state index in [1.54, 1.807) is 36.4 Å². The molecule has 1 heterocycles. The molecule has 1 aliphatic rings. The fourth-order valence-electron chi connectivity index (χ4n) is 3.06. The van der Waals surface area contributed by atoms with E-state index in [1.165, 1.54) is 11.7 Å². The Bertz CT molecular complexity index is 1100. The normalized spacial score (nSPS) is 13.3. The Balaban J connectivity index is 1.71. The van der Waals surface area contributed by atoms with Gasteiger partial charge in [0.15, 0.2) is 0 Å². The summed E-state index contributed by atoms with van der Waals surface area (Å²) in [5.41, 5.74) is 2.46. The van der Waals surface area contributed by atoms with E-state index in [0.29, 0.717) is 28.5 Å². The van der Waals surface area contributed by atoms with E-state index in [4.69, 9.17) is 11.2 Å². The fraction of sp³-hybridized carbons (Fsp3) is 0.250. The zero-order valence-electron chi connectivity index (χ0n) is 14.8. The van der Waals surface area contributed by atoms with Crippen LogP contribution in [0.5, 0.6) is 11.5 Å². The number of rotatable bonds is 5. The van der Waals surface area contributed by atoms with Gasteiger partial charge in [0, 0.05) is 23.7 Å². The third kappa shape index (κ3) is 3.17. The average molecular weight is 362 g/mol. The molecule has 27 heavy (non-hydrogen) atoms. The van der Waals surface area contributed by atoms with Crippen LogP contribution >= 0.6 is 0 Å². The van der Waals surface area contributed by atoms with Gasteiger partial charge in [-0.1, -0.05) is 12.0 Å². The number of nitrogens with zero attached hydrogens (tertiary/aromatic N) is 4. The van der Waals surface area contributed by atoms with Gasteiger partial charge in [-0.25, -0.2) is 4.79 Å². The van der Waals surface area contributed by atoms with Crippen molar-refractivity contribution < 1.29 is 9.84 Å². The molecule has 0 unspecified atom stereocenters. The Morgan fingerprint density at radius 2 is 2.11 bits per heavy atom. The van der Waals surface area contributed by atoms with Crippen LogP contribution in [0.25, 0.3) is 5.69 Å². The van der Waals surface area contributed by atoms with Crippen LogP contribution in [0.15, 0.2) is 41.2 Å². The summed E-state index contributed by atoms with van der Waals surface area (Å²) in [7, 11) is 1.53. The molecule has 1 saturated carbocycles. The summed E-state index contributed by atoms with van der Waals surface area (Å²) in [5.74, 6) is 3.98. The minimum Gasteiger partial charge on any atom is -0.508 e. The van der Waals surface area contributed by atoms with Crippen LogP contribution in [0.2, 0.25) is 0 Å². The molecule has 4 rings (SSSR count). The summed E-state index contributed by atoms with van der Waals surface area (Å²) in [6.07, 6.45) is 7.82. The van der Waals surface area contributed by atoms with Crippen molar-refractivity contribution in [2.24, 2.45) is 7.05 Å². The summed E-state index contributed by atoms with van der Waals surface area (Å²) in [6, 6.07) is 10.4. The van der Waals surface area contributed by atoms with Crippen molar-refractivity contribution in [3.63, 3.8) is 0 Å². The average Bonchev–Trinajstić information content (AvgIpc) is 3.47. The monoisotopic (exact) mass is 362 g/mol. The lowest BCUT2D eigenvalue weighted by molar-refractivity contribution is 0.301. The molecule has 0 spiro atoms. The zero-order valence-corrected chi connectivity index (χ0v) is 14.8. The van der Waals surface area contributed by atoms with Crippen LogP contribution in [0.3, 0.4) is 0 Å². The van der Waals surface area contributed by atoms with Gasteiger partial charge in [-0.05, 0) is 59.5 Å². The second-order valence-corrected chi connectivity index (χ2v) is 6.53. The third-order valence-corrected chi connectivity index (χ3v) is 4.64. The number of benzene rings is 2. The Hall–Kier alpha value is -3.53. The molecule has 0 atom stereocenters. The zero-order chi connectivity index (χ0) is 19.0. The summed E-state index contributed by atoms with van der Waals surface area (Å²) >= 11 is 0. The Morgan fingerprint density at radius 3 is 2.78 bits per heavy atom. The molecule has 0 saturated heterocycles. The number of aromatic nitrogens is 4. The highest BCUT2D eigenvalue weighted by Crippen LogP contribution is 2.45. The molecule has 136 valence electrons. The van der Waals surface area contributed by atoms with E-state index >= 15 is 0 Å². The first kappa shape index (κ1) is 16.9. The van der Waals surface area contributed by atoms with Gasteiger partial charge < -0.3 is 9.84 Å². The smallest absolute Gasteiger partial charge is 0.368 e. The molecule has 2 aromatic carbocycles. The lowest BCUT2D eigenvalue weighted by Gasteiger charge is -2.15. The Kier molecular flexibility index (Phi) is 4.16. The number of terminal acetylenes is 1. The van der Waals surface area contributed by atoms with E-state index < -0.39 is 0 Å². The van der Waals surface area contributed by atoms with E-state index in [0.717, 1.165) is 23.1 Å². The summed E-state index contributed by atoms with van der Waals surface area (Å²) in [5, 5.41) is 17.4. The molecule has 1 fully saturated rings. The van der Waals surface area contributed by atoms with E-state index in [-0.39, 0.29) is 18.0 Å². The van der Waals surface area contributed by atoms with Gasteiger partial charge in [0.1, 0.15) is 18.1 Å². The molecule has 1 aliphatic carbocycles. The Labute approximate surface area is 155 Å². The van der Waals surface area contributed by atoms with Crippen LogP contribution in [0.1, 0.15) is 35.4 Å². The first-order valence-corrected chi connectivity index (χ1v) is 8.62. The molecule has 0 aliphatic heterocycles. The number of ether oxygens (including phenoxy) is 1. The molecule has 1 aromatic heterocycles. The topological polar surface area (TPSA) is 82.2 Å². The van der Waals surface area contributed by atoms with Gasteiger partial charge in [-0.3, -0.25) is 0 Å². The van der Waals surface area contributed by atoms with E-state index in [2.05, 4.69) is 16.3 Å². The van der Waals surface area contributed by atoms with E-state index in [1.807, 2.05) is 0 Å². The highest BCUT2D eigenvalue weighted by molar-refractivity contribution is 5.52. The second-order valence-electron chi connectivity index (χ2n) is 6.53. The number of phenols is 1. The van der Waals surface area contributed by atoms with Gasteiger partial charge in [0.25, 0.3) is 0 Å². The maximum absolute atomic E-state index is 12.3. The van der Waals surface area contributed by atoms with Crippen molar-refractivity contribution in [1.29, 1.82) is 0 Å². The number of aryl methyl sites for hydroxylation is 1. The molecule has 1 N–H and O–H groups in total. The largest absolute Gasteiger partial charge is 0.508 e. The standard InChI is InChI=1S/C20H18N4O3/c1-3-13-5-4-6-18(24-20(26)23(2)21-22-24)17(13)12-27-19-10-9-15(25)11-16(19)14-7-8-14/h1,4-6,9-11,14,25H,7-8,12H2,2H3. The summed E-state index contributed by atoms with van der Waals surface area (Å²) in [6.45, 7) is 0.170. The van der Waals surface area contributed by atoms with Gasteiger partial charge in [0.2, 0.25) is 0 Å². The molecular formula is C20H18N4O3. The van der Waals surface area contributed by atoms with Crippen molar-refractivity contribution in [1.82, 2.24) is 19.8 Å². The minimum atomic E-state index is -0.367. The van der Waals surface area contributed by atoms with E-state index in [9.17, 15) is 9.90 Å². The van der Waals surface area contributed by atoms with Crippen molar-refractivity contribution >= 4 is 0 Å². The van der Waals surface area contributed by atoms with Crippen LogP contribution in [0.4, 0.5) is 0 Å². The second kappa shape index (κ2) is 6.65. The predicted molar refractivity (Wildman–Crippen MR) is 98.9 cm³/mol. The Morgan fingerprint density at radius 1 is 1.30 bits per heavy atom. The predicted octanol–water partition coefficient (Wildman–Crippen LogP) is 2.11. The SMILES string of the molecule is C#Cc1cccc(-n2nnn(C)c2=O)c1COc1ccc(O)cc1C1CC1. The van der Waals surface area contributed by atoms with Gasteiger partial charge in [-0.15, -0.1) is 6.42 Å². The van der Waals surface area contributed by atoms with Crippen LogP contribution in [0, 0.1) is 12.3 Å². The molecule has 0 amide bonds. The molecule has 3 aromatic rings. The molecule has 0 radical (unpaired) electrons. The minimum absolute atomic E-state index is 0.170. The molecule has 0 bridgehead atoms. The van der Waals surface area contributed by atoms with Gasteiger partial charge in [-0.2, -0.15) is 9.36 Å². The van der Waals surface area contributed by atoms with Crippen molar-refractivity contribution in [3.05, 3.63) is 63.6 Å². The van der Waals surface area contributed by atoms with Gasteiger partial charge >= 0.3 is 5.69 Å². The fourth-order valence-corrected chi connectivity index (χ4v) is 3.06. The first-order valence-electron chi connectivity index (χ1n) is 8.62. The number of phenolic OH excluding ortho intramolecular Hbond substituents is 1. The van der Waals surface area contributed by atoms with Crippen LogP contribution < -0.4 is 10.4 Å².